The first kappa shape index (κ1) is 29.2. The van der Waals surface area contributed by atoms with E-state index in [-0.39, 0.29) is 17.7 Å². The Balaban J connectivity index is 0.000000173. The standard InChI is InChI=1S/C15H14N2O2.C15H12N2O2.Mn.2O/c2*1-11-7-8-16-9-13(10-18)17(15(19)14(11)16)12-5-3-2-4-6-12;;;/h2-9,18H,10H2,1H3;2-10H,1H3;;;. The molecule has 0 saturated heterocycles. The molecule has 0 spiro atoms. The molecule has 1 N–H and O–H groups in total. The van der Waals surface area contributed by atoms with Crippen LogP contribution in [0.25, 0.3) is 22.4 Å². The van der Waals surface area contributed by atoms with Crippen molar-refractivity contribution in [1.29, 1.82) is 0 Å². The van der Waals surface area contributed by atoms with Crippen LogP contribution in [0.4, 0.5) is 0 Å². The Morgan fingerprint density at radius 1 is 0.707 bits per heavy atom. The van der Waals surface area contributed by atoms with E-state index in [0.29, 0.717) is 34.4 Å². The molecule has 4 heterocycles. The summed E-state index contributed by atoms with van der Waals surface area (Å²) in [5.74, 6) is 0. The van der Waals surface area contributed by atoms with Crippen LogP contribution in [0.1, 0.15) is 27.3 Å². The van der Waals surface area contributed by atoms with Crippen LogP contribution in [0.2, 0.25) is 0 Å². The number of carbonyl (C=O) groups is 1. The summed E-state index contributed by atoms with van der Waals surface area (Å²) in [6.07, 6.45) is 7.78. The SMILES string of the molecule is Cc1ccn2cc(C=O)n(-c3ccccc3)c(=O)c12.Cc1ccn2cc(CO)n(-c3ccccc3)c(=O)c12.[O]=[Mn]=[O]. The molecule has 0 atom stereocenters. The number of rotatable bonds is 4. The Labute approximate surface area is 239 Å². The molecular weight excluding hydrogens is 567 g/mol. The van der Waals surface area contributed by atoms with Gasteiger partial charge in [-0.15, -0.1) is 0 Å². The summed E-state index contributed by atoms with van der Waals surface area (Å²) in [5.41, 5.74) is 5.12. The zero-order chi connectivity index (χ0) is 29.5. The predicted molar refractivity (Wildman–Crippen MR) is 148 cm³/mol. The molecule has 10 nitrogen and oxygen atoms in total. The molecule has 4 aromatic heterocycles. The molecular formula is C30H26MnN4O6. The second-order valence-corrected chi connectivity index (χ2v) is 9.17. The number of carbonyl (C=O) groups excluding carboxylic acids is 1. The second kappa shape index (κ2) is 13.0. The van der Waals surface area contributed by atoms with Crippen molar-refractivity contribution < 1.29 is 32.4 Å². The van der Waals surface area contributed by atoms with E-state index >= 15 is 0 Å². The van der Waals surface area contributed by atoms with Crippen LogP contribution in [0.5, 0.6) is 0 Å². The van der Waals surface area contributed by atoms with E-state index in [1.165, 1.54) is 4.57 Å². The normalized spacial score (nSPS) is 10.4. The number of hydrogen-bond acceptors (Lipinski definition) is 6. The van der Waals surface area contributed by atoms with Gasteiger partial charge < -0.3 is 13.9 Å². The molecule has 0 aliphatic rings. The average molecular weight is 593 g/mol. The fourth-order valence-electron chi connectivity index (χ4n) is 4.65. The Morgan fingerprint density at radius 3 is 1.61 bits per heavy atom. The third-order valence-corrected chi connectivity index (χ3v) is 6.46. The van der Waals surface area contributed by atoms with Crippen LogP contribution in [0.3, 0.4) is 0 Å². The number of benzene rings is 2. The molecule has 0 fully saturated rings. The quantitative estimate of drug-likeness (QED) is 0.245. The Hall–Kier alpha value is -4.83. The molecule has 0 unspecified atom stereocenters. The maximum absolute atomic E-state index is 12.6. The summed E-state index contributed by atoms with van der Waals surface area (Å²) < 4.78 is 23.3. The summed E-state index contributed by atoms with van der Waals surface area (Å²) >= 11 is -1.44. The van der Waals surface area contributed by atoms with Gasteiger partial charge in [0.2, 0.25) is 0 Å². The third kappa shape index (κ3) is 5.87. The minimum absolute atomic E-state index is 0.111. The van der Waals surface area contributed by atoms with Crippen molar-refractivity contribution in [1.82, 2.24) is 17.9 Å². The maximum atomic E-state index is 12.6. The van der Waals surface area contributed by atoms with Crippen LogP contribution in [-0.4, -0.2) is 29.3 Å². The molecule has 2 aromatic carbocycles. The molecule has 0 radical (unpaired) electrons. The number of aliphatic hydroxyl groups is 1. The fourth-order valence-corrected chi connectivity index (χ4v) is 4.65. The first-order valence-electron chi connectivity index (χ1n) is 12.4. The van der Waals surface area contributed by atoms with Gasteiger partial charge in [0.1, 0.15) is 16.7 Å². The molecule has 6 rings (SSSR count). The number of aliphatic hydroxyl groups excluding tert-OH is 1. The van der Waals surface area contributed by atoms with Gasteiger partial charge >= 0.3 is 22.5 Å². The fraction of sp³-hybridized carbons (Fsp3) is 0.100. The molecule has 6 aromatic rings. The van der Waals surface area contributed by atoms with Crippen molar-refractivity contribution in [2.75, 3.05) is 0 Å². The molecule has 11 heteroatoms. The van der Waals surface area contributed by atoms with Crippen LogP contribution in [-0.2, 0) is 29.1 Å². The van der Waals surface area contributed by atoms with Gasteiger partial charge in [0.05, 0.1) is 12.3 Å². The van der Waals surface area contributed by atoms with Crippen molar-refractivity contribution in [2.24, 2.45) is 0 Å². The first-order valence-corrected chi connectivity index (χ1v) is 13.3. The van der Waals surface area contributed by atoms with Gasteiger partial charge in [-0.25, -0.2) is 0 Å². The van der Waals surface area contributed by atoms with Crippen LogP contribution in [0, 0.1) is 13.8 Å². The molecule has 0 aliphatic heterocycles. The molecule has 0 bridgehead atoms. The summed E-state index contributed by atoms with van der Waals surface area (Å²) in [7, 11) is 0. The van der Waals surface area contributed by atoms with Gasteiger partial charge in [0.25, 0.3) is 11.1 Å². The summed E-state index contributed by atoms with van der Waals surface area (Å²) in [5, 5.41) is 9.50. The predicted octanol–water partition coefficient (Wildman–Crippen LogP) is 3.86. The molecule has 0 aliphatic carbocycles. The van der Waals surface area contributed by atoms with E-state index in [0.717, 1.165) is 16.8 Å². The van der Waals surface area contributed by atoms with E-state index in [4.69, 9.17) is 7.67 Å². The van der Waals surface area contributed by atoms with Gasteiger partial charge in [-0.05, 0) is 61.4 Å². The monoisotopic (exact) mass is 593 g/mol. The topological polar surface area (TPSA) is 124 Å². The number of aryl methyl sites for hydroxylation is 2. The van der Waals surface area contributed by atoms with E-state index < -0.39 is 14.8 Å². The van der Waals surface area contributed by atoms with Crippen LogP contribution in [0.15, 0.2) is 107 Å². The van der Waals surface area contributed by atoms with E-state index in [1.807, 2.05) is 92.8 Å². The Morgan fingerprint density at radius 2 is 1.15 bits per heavy atom. The van der Waals surface area contributed by atoms with Gasteiger partial charge in [0, 0.05) is 36.2 Å². The Kier molecular flexibility index (Phi) is 9.26. The van der Waals surface area contributed by atoms with Crippen molar-refractivity contribution in [3.05, 3.63) is 141 Å². The van der Waals surface area contributed by atoms with Crippen molar-refractivity contribution in [3.8, 4) is 11.4 Å². The zero-order valence-electron chi connectivity index (χ0n) is 22.2. The third-order valence-electron chi connectivity index (χ3n) is 6.46. The van der Waals surface area contributed by atoms with Crippen molar-refractivity contribution >= 4 is 17.3 Å². The number of nitrogens with zero attached hydrogens (tertiary/aromatic N) is 4. The number of fused-ring (bicyclic) bond motifs is 2. The zero-order valence-corrected chi connectivity index (χ0v) is 23.4. The summed E-state index contributed by atoms with van der Waals surface area (Å²) in [6.45, 7) is 3.61. The minimum atomic E-state index is -1.44. The van der Waals surface area contributed by atoms with Crippen LogP contribution < -0.4 is 11.1 Å². The first-order chi connectivity index (χ1) is 19.9. The van der Waals surface area contributed by atoms with Gasteiger partial charge in [-0.2, -0.15) is 0 Å². The van der Waals surface area contributed by atoms with Crippen molar-refractivity contribution in [2.45, 2.75) is 20.5 Å². The van der Waals surface area contributed by atoms with Gasteiger partial charge in [-0.1, -0.05) is 36.4 Å². The molecule has 0 saturated carbocycles. The number of para-hydroxylation sites is 2. The molecule has 41 heavy (non-hydrogen) atoms. The Bertz CT molecular complexity index is 1980. The molecule has 209 valence electrons. The van der Waals surface area contributed by atoms with E-state index in [2.05, 4.69) is 0 Å². The van der Waals surface area contributed by atoms with Gasteiger partial charge in [0.15, 0.2) is 6.29 Å². The summed E-state index contributed by atoms with van der Waals surface area (Å²) in [6, 6.07) is 22.3. The second-order valence-electron chi connectivity index (χ2n) is 8.97. The average Bonchev–Trinajstić information content (AvgIpc) is 3.56. The number of hydrogen-bond donors (Lipinski definition) is 1. The number of aldehydes is 1. The van der Waals surface area contributed by atoms with E-state index in [1.54, 1.807) is 32.0 Å². The van der Waals surface area contributed by atoms with Crippen molar-refractivity contribution in [3.63, 3.8) is 0 Å². The van der Waals surface area contributed by atoms with Gasteiger partial charge in [-0.3, -0.25) is 23.5 Å². The number of aromatic nitrogens is 4. The summed E-state index contributed by atoms with van der Waals surface area (Å²) in [4.78, 5) is 36.4. The van der Waals surface area contributed by atoms with E-state index in [9.17, 15) is 19.5 Å². The van der Waals surface area contributed by atoms with Crippen LogP contribution >= 0.6 is 0 Å². The molecule has 0 amide bonds.